The lowest BCUT2D eigenvalue weighted by Crippen LogP contribution is -2.32. The van der Waals surface area contributed by atoms with Gasteiger partial charge in [0.15, 0.2) is 23.0 Å². The van der Waals surface area contributed by atoms with Crippen molar-refractivity contribution in [3.8, 4) is 23.0 Å². The Balaban J connectivity index is 1.58. The molecule has 3 aromatic rings. The van der Waals surface area contributed by atoms with E-state index in [2.05, 4.69) is 6.08 Å². The van der Waals surface area contributed by atoms with Crippen molar-refractivity contribution < 1.29 is 28.7 Å². The Morgan fingerprint density at radius 2 is 1.54 bits per heavy atom. The molecule has 10 heteroatoms. The largest absolute Gasteiger partial charge is 0.493 e. The highest BCUT2D eigenvalue weighted by Gasteiger charge is 2.44. The minimum Gasteiger partial charge on any atom is -0.493 e. The van der Waals surface area contributed by atoms with Gasteiger partial charge >= 0.3 is 0 Å². The molecule has 0 spiro atoms. The van der Waals surface area contributed by atoms with Crippen molar-refractivity contribution in [2.24, 2.45) is 11.0 Å². The van der Waals surface area contributed by atoms with Gasteiger partial charge in [-0.1, -0.05) is 12.1 Å². The van der Waals surface area contributed by atoms with Crippen molar-refractivity contribution in [2.75, 3.05) is 28.4 Å². The van der Waals surface area contributed by atoms with Gasteiger partial charge in [0.2, 0.25) is 0 Å². The highest BCUT2D eigenvalue weighted by Crippen LogP contribution is 2.46. The number of amides is 1. The Bertz CT molecular complexity index is 1530. The number of benzene rings is 3. The first kappa shape index (κ1) is 27.7. The molecular formula is C31H31N3O7. The molecule has 0 aromatic heterocycles. The lowest BCUT2D eigenvalue weighted by molar-refractivity contribution is -0.384. The molecule has 2 aliphatic rings. The third kappa shape index (κ3) is 5.32. The monoisotopic (exact) mass is 557 g/mol. The molecule has 5 rings (SSSR count). The van der Waals surface area contributed by atoms with Crippen molar-refractivity contribution in [2.45, 2.75) is 25.3 Å². The number of rotatable bonds is 8. The predicted octanol–water partition coefficient (Wildman–Crippen LogP) is 6.07. The van der Waals surface area contributed by atoms with Crippen molar-refractivity contribution in [3.63, 3.8) is 0 Å². The third-order valence-electron chi connectivity index (χ3n) is 7.53. The molecule has 0 saturated heterocycles. The number of allylic oxidation sites excluding steroid dienone is 1. The topological polar surface area (TPSA) is 113 Å². The van der Waals surface area contributed by atoms with E-state index in [1.54, 1.807) is 28.4 Å². The van der Waals surface area contributed by atoms with Crippen molar-refractivity contribution in [1.82, 2.24) is 5.01 Å². The normalized spacial score (nSPS) is 18.9. The summed E-state index contributed by atoms with van der Waals surface area (Å²) in [5.41, 5.74) is 3.91. The second-order valence-corrected chi connectivity index (χ2v) is 9.78. The van der Waals surface area contributed by atoms with Crippen LogP contribution in [-0.2, 0) is 0 Å². The summed E-state index contributed by atoms with van der Waals surface area (Å²) in [6.45, 7) is 0. The molecule has 212 valence electrons. The van der Waals surface area contributed by atoms with Gasteiger partial charge in [0, 0.05) is 23.6 Å². The number of nitro benzene ring substituents is 1. The molecule has 0 N–H and O–H groups in total. The van der Waals surface area contributed by atoms with Crippen LogP contribution in [0.4, 0.5) is 5.69 Å². The lowest BCUT2D eigenvalue weighted by atomic mass is 9.77. The number of nitro groups is 1. The van der Waals surface area contributed by atoms with E-state index >= 15 is 0 Å². The van der Waals surface area contributed by atoms with Crippen LogP contribution in [0.25, 0.3) is 6.08 Å². The minimum atomic E-state index is -0.490. The standard InChI is InChI=1S/C31H31N3O7/c1-38-25-14-8-19(17-27(25)40-3)16-21-6-5-7-24-29(21)32-33(31(35)20-9-12-23(13-10-20)34(36)37)30(24)22-11-15-26(39-2)28(18-22)41-4/h8-18,24,30H,5-7H2,1-4H3/b21-16+. The van der Waals surface area contributed by atoms with E-state index in [-0.39, 0.29) is 17.5 Å². The Hall–Kier alpha value is -4.86. The SMILES string of the molecule is COc1ccc(/C=C2\CCCC3C2=NN(C(=O)c2ccc([N+](=O)[O-])cc2)C3c2ccc(OC)c(OC)c2)cc1OC. The second-order valence-electron chi connectivity index (χ2n) is 9.78. The molecule has 1 amide bonds. The van der Waals surface area contributed by atoms with E-state index in [1.165, 1.54) is 29.3 Å². The number of nitrogens with zero attached hydrogens (tertiary/aromatic N) is 3. The molecule has 1 aliphatic heterocycles. The van der Waals surface area contributed by atoms with E-state index in [9.17, 15) is 14.9 Å². The molecule has 2 atom stereocenters. The molecular weight excluding hydrogens is 526 g/mol. The fourth-order valence-electron chi connectivity index (χ4n) is 5.54. The summed E-state index contributed by atoms with van der Waals surface area (Å²) >= 11 is 0. The van der Waals surface area contributed by atoms with Crippen LogP contribution in [0.15, 0.2) is 71.3 Å². The number of ether oxygens (including phenoxy) is 4. The fraction of sp³-hybridized carbons (Fsp3) is 0.290. The van der Waals surface area contributed by atoms with E-state index in [0.29, 0.717) is 28.6 Å². The molecule has 41 heavy (non-hydrogen) atoms. The first-order valence-corrected chi connectivity index (χ1v) is 13.2. The number of hydrogen-bond donors (Lipinski definition) is 0. The maximum absolute atomic E-state index is 13.9. The molecule has 2 unspecified atom stereocenters. The second kappa shape index (κ2) is 11.7. The van der Waals surface area contributed by atoms with Crippen LogP contribution in [0.2, 0.25) is 0 Å². The average Bonchev–Trinajstić information content (AvgIpc) is 3.40. The first-order valence-electron chi connectivity index (χ1n) is 13.2. The number of carbonyl (C=O) groups excluding carboxylic acids is 1. The molecule has 1 aliphatic carbocycles. The smallest absolute Gasteiger partial charge is 0.274 e. The Kier molecular flexibility index (Phi) is 7.91. The van der Waals surface area contributed by atoms with Crippen LogP contribution in [0.5, 0.6) is 23.0 Å². The lowest BCUT2D eigenvalue weighted by Gasteiger charge is -2.30. The minimum absolute atomic E-state index is 0.0600. The van der Waals surface area contributed by atoms with Gasteiger partial charge in [0.25, 0.3) is 11.6 Å². The van der Waals surface area contributed by atoms with Gasteiger partial charge in [0.05, 0.1) is 45.1 Å². The van der Waals surface area contributed by atoms with E-state index in [1.807, 2.05) is 36.4 Å². The van der Waals surface area contributed by atoms with Gasteiger partial charge in [-0.15, -0.1) is 0 Å². The van der Waals surface area contributed by atoms with Crippen LogP contribution in [0, 0.1) is 16.0 Å². The molecule has 10 nitrogen and oxygen atoms in total. The van der Waals surface area contributed by atoms with Crippen molar-refractivity contribution in [1.29, 1.82) is 0 Å². The summed E-state index contributed by atoms with van der Waals surface area (Å²) in [5.74, 6) is 2.00. The highest BCUT2D eigenvalue weighted by atomic mass is 16.6. The first-order chi connectivity index (χ1) is 19.9. The quantitative estimate of drug-likeness (QED) is 0.244. The van der Waals surface area contributed by atoms with Crippen molar-refractivity contribution in [3.05, 3.63) is 93.0 Å². The average molecular weight is 558 g/mol. The number of hydrazone groups is 1. The zero-order chi connectivity index (χ0) is 29.1. The maximum atomic E-state index is 13.9. The van der Waals surface area contributed by atoms with Gasteiger partial charge in [0.1, 0.15) is 0 Å². The van der Waals surface area contributed by atoms with Gasteiger partial charge in [-0.2, -0.15) is 5.10 Å². The Labute approximate surface area is 237 Å². The zero-order valence-electron chi connectivity index (χ0n) is 23.3. The summed E-state index contributed by atoms with van der Waals surface area (Å²) in [4.78, 5) is 24.6. The van der Waals surface area contributed by atoms with Crippen LogP contribution in [-0.4, -0.2) is 50.0 Å². The summed E-state index contributed by atoms with van der Waals surface area (Å²) in [7, 11) is 6.34. The van der Waals surface area contributed by atoms with Crippen molar-refractivity contribution >= 4 is 23.4 Å². The summed E-state index contributed by atoms with van der Waals surface area (Å²) in [6, 6.07) is 16.6. The number of fused-ring (bicyclic) bond motifs is 1. The zero-order valence-corrected chi connectivity index (χ0v) is 23.3. The summed E-state index contributed by atoms with van der Waals surface area (Å²) in [6.07, 6.45) is 4.65. The van der Waals surface area contributed by atoms with Gasteiger partial charge in [-0.05, 0) is 78.4 Å². The van der Waals surface area contributed by atoms with E-state index in [4.69, 9.17) is 24.0 Å². The maximum Gasteiger partial charge on any atom is 0.274 e. The van der Waals surface area contributed by atoms with Crippen LogP contribution >= 0.6 is 0 Å². The Morgan fingerprint density at radius 3 is 2.17 bits per heavy atom. The number of carbonyl (C=O) groups is 1. The van der Waals surface area contributed by atoms with Crippen LogP contribution < -0.4 is 18.9 Å². The number of non-ortho nitro benzene ring substituents is 1. The van der Waals surface area contributed by atoms with E-state index in [0.717, 1.165) is 41.7 Å². The molecule has 1 fully saturated rings. The summed E-state index contributed by atoms with van der Waals surface area (Å²) < 4.78 is 21.9. The predicted molar refractivity (Wildman–Crippen MR) is 154 cm³/mol. The molecule has 0 bridgehead atoms. The molecule has 1 heterocycles. The fourth-order valence-corrected chi connectivity index (χ4v) is 5.54. The summed E-state index contributed by atoms with van der Waals surface area (Å²) in [5, 5.41) is 17.6. The van der Waals surface area contributed by atoms with Gasteiger partial charge in [-0.25, -0.2) is 5.01 Å². The molecule has 0 radical (unpaired) electrons. The third-order valence-corrected chi connectivity index (χ3v) is 7.53. The van der Waals surface area contributed by atoms with Crippen LogP contribution in [0.3, 0.4) is 0 Å². The molecule has 3 aromatic carbocycles. The number of methoxy groups -OCH3 is 4. The highest BCUT2D eigenvalue weighted by molar-refractivity contribution is 6.09. The van der Waals surface area contributed by atoms with E-state index < -0.39 is 11.0 Å². The number of hydrogen-bond acceptors (Lipinski definition) is 8. The van der Waals surface area contributed by atoms with Gasteiger partial charge < -0.3 is 18.9 Å². The van der Waals surface area contributed by atoms with Crippen LogP contribution in [0.1, 0.15) is 46.8 Å². The Morgan fingerprint density at radius 1 is 0.902 bits per heavy atom. The molecule has 1 saturated carbocycles. The van der Waals surface area contributed by atoms with Gasteiger partial charge in [-0.3, -0.25) is 14.9 Å².